The molecule has 2 unspecified atom stereocenters. The van der Waals surface area contributed by atoms with Crippen LogP contribution < -0.4 is 0 Å². The van der Waals surface area contributed by atoms with Gasteiger partial charge in [0.05, 0.1) is 8.66 Å². The average molecular weight is 330 g/mol. The summed E-state index contributed by atoms with van der Waals surface area (Å²) in [6.07, 6.45) is 4.85. The highest BCUT2D eigenvalue weighted by Crippen LogP contribution is 2.31. The second-order valence-corrected chi connectivity index (χ2v) is 7.78. The Kier molecular flexibility index (Phi) is 4.49. The maximum Gasteiger partial charge on any atom is 0.263 e. The fourth-order valence-corrected chi connectivity index (χ4v) is 4.18. The van der Waals surface area contributed by atoms with Gasteiger partial charge in [-0.05, 0) is 53.2 Å². The summed E-state index contributed by atoms with van der Waals surface area (Å²) < 4.78 is 1.07. The number of hydrogen-bond donors (Lipinski definition) is 0. The van der Waals surface area contributed by atoms with Gasteiger partial charge in [-0.15, -0.1) is 11.3 Å². The molecule has 2 nitrogen and oxygen atoms in total. The first kappa shape index (κ1) is 14.1. The summed E-state index contributed by atoms with van der Waals surface area (Å²) in [7, 11) is 1.95. The molecule has 0 N–H and O–H groups in total. The summed E-state index contributed by atoms with van der Waals surface area (Å²) in [4.78, 5) is 15.2. The molecular formula is C14H20BrNOS. The number of carbonyl (C=O) groups excluding carboxylic acids is 1. The van der Waals surface area contributed by atoms with Gasteiger partial charge in [0, 0.05) is 13.1 Å². The third kappa shape index (κ3) is 2.97. The number of carbonyl (C=O) groups is 1. The van der Waals surface area contributed by atoms with Gasteiger partial charge in [-0.25, -0.2) is 0 Å². The van der Waals surface area contributed by atoms with E-state index in [1.54, 1.807) is 11.3 Å². The van der Waals surface area contributed by atoms with E-state index in [1.807, 2.05) is 24.9 Å². The minimum atomic E-state index is 0.174. The highest BCUT2D eigenvalue weighted by molar-refractivity contribution is 9.11. The van der Waals surface area contributed by atoms with Crippen molar-refractivity contribution < 1.29 is 4.79 Å². The van der Waals surface area contributed by atoms with Crippen LogP contribution in [0.3, 0.4) is 0 Å². The number of halogens is 1. The molecule has 1 aromatic heterocycles. The molecule has 0 spiro atoms. The zero-order chi connectivity index (χ0) is 13.3. The quantitative estimate of drug-likeness (QED) is 0.783. The van der Waals surface area contributed by atoms with Crippen molar-refractivity contribution in [1.82, 2.24) is 4.90 Å². The van der Waals surface area contributed by atoms with E-state index in [1.165, 1.54) is 12.8 Å². The molecule has 0 radical (unpaired) electrons. The van der Waals surface area contributed by atoms with Crippen molar-refractivity contribution in [3.05, 3.63) is 20.3 Å². The summed E-state index contributed by atoms with van der Waals surface area (Å²) in [6, 6.07) is 2.40. The molecule has 2 atom stereocenters. The number of nitrogens with zero attached hydrogens (tertiary/aromatic N) is 1. The third-order valence-electron chi connectivity index (χ3n) is 3.84. The van der Waals surface area contributed by atoms with E-state index in [0.29, 0.717) is 6.04 Å². The summed E-state index contributed by atoms with van der Waals surface area (Å²) in [6.45, 7) is 4.32. The summed E-state index contributed by atoms with van der Waals surface area (Å²) in [5.41, 5.74) is 1.15. The number of hydrogen-bond acceptors (Lipinski definition) is 2. The van der Waals surface area contributed by atoms with Gasteiger partial charge in [-0.1, -0.05) is 19.8 Å². The molecule has 4 heteroatoms. The standard InChI is InChI=1S/C14H20BrNOS/c1-9-5-4-6-11(7-9)16(3)14(17)12-8-10(2)13(15)18-12/h8-9,11H,4-7H2,1-3H3. The first-order valence-corrected chi connectivity index (χ1v) is 8.13. The molecule has 0 aromatic carbocycles. The van der Waals surface area contributed by atoms with Crippen LogP contribution in [0.4, 0.5) is 0 Å². The van der Waals surface area contributed by atoms with Crippen LogP contribution in [0.1, 0.15) is 47.8 Å². The Balaban J connectivity index is 2.08. The van der Waals surface area contributed by atoms with Crippen LogP contribution in [0.5, 0.6) is 0 Å². The predicted molar refractivity (Wildman–Crippen MR) is 80.3 cm³/mol. The Morgan fingerprint density at radius 2 is 2.22 bits per heavy atom. The summed E-state index contributed by atoms with van der Waals surface area (Å²) in [5.74, 6) is 0.920. The van der Waals surface area contributed by atoms with Crippen molar-refractivity contribution in [2.75, 3.05) is 7.05 Å². The van der Waals surface area contributed by atoms with Crippen LogP contribution in [0, 0.1) is 12.8 Å². The molecule has 0 bridgehead atoms. The largest absolute Gasteiger partial charge is 0.338 e. The van der Waals surface area contributed by atoms with Crippen LogP contribution in [-0.2, 0) is 0 Å². The fourth-order valence-electron chi connectivity index (χ4n) is 2.66. The predicted octanol–water partition coefficient (Wildman–Crippen LogP) is 4.47. The Hall–Kier alpha value is -0.350. The second kappa shape index (κ2) is 5.74. The van der Waals surface area contributed by atoms with Gasteiger partial charge in [-0.3, -0.25) is 4.79 Å². The zero-order valence-electron chi connectivity index (χ0n) is 11.2. The van der Waals surface area contributed by atoms with Gasteiger partial charge >= 0.3 is 0 Å². The molecule has 2 rings (SSSR count). The van der Waals surface area contributed by atoms with Crippen LogP contribution >= 0.6 is 27.3 Å². The molecule has 1 amide bonds. The number of aryl methyl sites for hydroxylation is 1. The van der Waals surface area contributed by atoms with Gasteiger partial charge in [0.2, 0.25) is 0 Å². The Bertz CT molecular complexity index is 424. The average Bonchev–Trinajstić information content (AvgIpc) is 2.68. The highest BCUT2D eigenvalue weighted by atomic mass is 79.9. The normalized spacial score (nSPS) is 24.0. The SMILES string of the molecule is Cc1cc(C(=O)N(C)C2CCCC(C)C2)sc1Br. The Morgan fingerprint density at radius 1 is 1.50 bits per heavy atom. The highest BCUT2D eigenvalue weighted by Gasteiger charge is 2.26. The topological polar surface area (TPSA) is 20.3 Å². The Morgan fingerprint density at radius 3 is 2.78 bits per heavy atom. The van der Waals surface area contributed by atoms with Gasteiger partial charge in [0.1, 0.15) is 0 Å². The minimum absolute atomic E-state index is 0.174. The van der Waals surface area contributed by atoms with Gasteiger partial charge in [-0.2, -0.15) is 0 Å². The first-order valence-electron chi connectivity index (χ1n) is 6.52. The molecule has 1 aliphatic rings. The zero-order valence-corrected chi connectivity index (χ0v) is 13.6. The molecule has 100 valence electrons. The first-order chi connectivity index (χ1) is 8.49. The van der Waals surface area contributed by atoms with Crippen molar-refractivity contribution in [3.8, 4) is 0 Å². The Labute approximate surface area is 122 Å². The van der Waals surface area contributed by atoms with E-state index in [0.717, 1.165) is 33.0 Å². The van der Waals surface area contributed by atoms with Crippen LogP contribution in [-0.4, -0.2) is 23.9 Å². The maximum atomic E-state index is 12.4. The molecule has 1 heterocycles. The third-order valence-corrected chi connectivity index (χ3v) is 5.97. The van der Waals surface area contributed by atoms with Gasteiger partial charge < -0.3 is 4.90 Å². The summed E-state index contributed by atoms with van der Waals surface area (Å²) in [5, 5.41) is 0. The van der Waals surface area contributed by atoms with E-state index < -0.39 is 0 Å². The van der Waals surface area contributed by atoms with Crippen LogP contribution in [0.15, 0.2) is 9.85 Å². The van der Waals surface area contributed by atoms with Crippen molar-refractivity contribution in [3.63, 3.8) is 0 Å². The summed E-state index contributed by atoms with van der Waals surface area (Å²) >= 11 is 5.03. The number of rotatable bonds is 2. The lowest BCUT2D eigenvalue weighted by Gasteiger charge is -2.33. The van der Waals surface area contributed by atoms with Crippen molar-refractivity contribution in [1.29, 1.82) is 0 Å². The molecule has 1 aromatic rings. The van der Waals surface area contributed by atoms with E-state index in [2.05, 4.69) is 22.9 Å². The lowest BCUT2D eigenvalue weighted by molar-refractivity contribution is 0.0677. The van der Waals surface area contributed by atoms with Gasteiger partial charge in [0.15, 0.2) is 0 Å². The second-order valence-electron chi connectivity index (χ2n) is 5.41. The van der Waals surface area contributed by atoms with Crippen molar-refractivity contribution >= 4 is 33.2 Å². The molecule has 1 aliphatic carbocycles. The van der Waals surface area contributed by atoms with E-state index in [9.17, 15) is 4.79 Å². The molecule has 0 aliphatic heterocycles. The van der Waals surface area contributed by atoms with E-state index in [4.69, 9.17) is 0 Å². The lowest BCUT2D eigenvalue weighted by Crippen LogP contribution is -2.39. The molecule has 1 fully saturated rings. The maximum absolute atomic E-state index is 12.4. The molecule has 1 saturated carbocycles. The van der Waals surface area contributed by atoms with E-state index >= 15 is 0 Å². The molecule has 0 saturated heterocycles. The van der Waals surface area contributed by atoms with E-state index in [-0.39, 0.29) is 5.91 Å². The van der Waals surface area contributed by atoms with Crippen molar-refractivity contribution in [2.24, 2.45) is 5.92 Å². The van der Waals surface area contributed by atoms with Crippen LogP contribution in [0.2, 0.25) is 0 Å². The fraction of sp³-hybridized carbons (Fsp3) is 0.643. The smallest absolute Gasteiger partial charge is 0.263 e. The van der Waals surface area contributed by atoms with Crippen molar-refractivity contribution in [2.45, 2.75) is 45.6 Å². The minimum Gasteiger partial charge on any atom is -0.338 e. The van der Waals surface area contributed by atoms with Crippen LogP contribution in [0.25, 0.3) is 0 Å². The number of amides is 1. The molecule has 18 heavy (non-hydrogen) atoms. The number of thiophene rings is 1. The monoisotopic (exact) mass is 329 g/mol. The lowest BCUT2D eigenvalue weighted by atomic mass is 9.86. The molecular weight excluding hydrogens is 310 g/mol. The van der Waals surface area contributed by atoms with Gasteiger partial charge in [0.25, 0.3) is 5.91 Å².